The summed E-state index contributed by atoms with van der Waals surface area (Å²) in [5.41, 5.74) is 10.7. The molecule has 1 atom stereocenters. The number of nitrogens with two attached hydrogens (primary N) is 1. The van der Waals surface area contributed by atoms with Crippen LogP contribution in [0.4, 0.5) is 5.82 Å². The zero-order valence-corrected chi connectivity index (χ0v) is 20.2. The first kappa shape index (κ1) is 22.0. The summed E-state index contributed by atoms with van der Waals surface area (Å²) in [6, 6.07) is 16.9. The van der Waals surface area contributed by atoms with Crippen LogP contribution in [0.15, 0.2) is 73.7 Å². The van der Waals surface area contributed by atoms with Gasteiger partial charge in [0.05, 0.1) is 17.5 Å². The Morgan fingerprint density at radius 1 is 1.05 bits per heavy atom. The molecule has 0 bridgehead atoms. The molecule has 0 amide bonds. The van der Waals surface area contributed by atoms with Crippen LogP contribution in [0.25, 0.3) is 22.2 Å². The number of fused-ring (bicyclic) bond motifs is 2. The quantitative estimate of drug-likeness (QED) is 0.378. The molecule has 1 saturated carbocycles. The maximum absolute atomic E-state index is 11.1. The van der Waals surface area contributed by atoms with Crippen molar-refractivity contribution in [2.75, 3.05) is 5.73 Å². The molecule has 0 radical (unpaired) electrons. The van der Waals surface area contributed by atoms with Gasteiger partial charge >= 0.3 is 0 Å². The molecule has 2 aliphatic rings. The first-order chi connectivity index (χ1) is 18.1. The number of ether oxygens (including phenoxy) is 1. The van der Waals surface area contributed by atoms with Gasteiger partial charge in [-0.25, -0.2) is 9.97 Å². The van der Waals surface area contributed by atoms with Gasteiger partial charge in [0.1, 0.15) is 42.3 Å². The molecule has 1 aliphatic carbocycles. The number of nitrogen functional groups attached to an aromatic ring is 1. The van der Waals surface area contributed by atoms with Gasteiger partial charge < -0.3 is 24.7 Å². The first-order valence-corrected chi connectivity index (χ1v) is 12.6. The Labute approximate surface area is 213 Å². The fourth-order valence-corrected chi connectivity index (χ4v) is 5.83. The zero-order valence-electron chi connectivity index (χ0n) is 20.2. The summed E-state index contributed by atoms with van der Waals surface area (Å²) < 4.78 is 10.4. The molecule has 1 aliphatic heterocycles. The van der Waals surface area contributed by atoms with Crippen molar-refractivity contribution in [2.45, 2.75) is 50.0 Å². The first-order valence-electron chi connectivity index (χ1n) is 12.6. The normalized spacial score (nSPS) is 22.8. The highest BCUT2D eigenvalue weighted by atomic mass is 16.5. The molecule has 186 valence electrons. The van der Waals surface area contributed by atoms with Gasteiger partial charge in [-0.1, -0.05) is 42.5 Å². The lowest BCUT2D eigenvalue weighted by Gasteiger charge is -2.44. The van der Waals surface area contributed by atoms with E-state index in [0.29, 0.717) is 25.2 Å². The van der Waals surface area contributed by atoms with Crippen LogP contribution in [-0.4, -0.2) is 40.0 Å². The number of hydrogen-bond acceptors (Lipinski definition) is 7. The predicted molar refractivity (Wildman–Crippen MR) is 139 cm³/mol. The van der Waals surface area contributed by atoms with Crippen molar-refractivity contribution in [3.05, 3.63) is 84.8 Å². The second kappa shape index (κ2) is 8.41. The number of rotatable bonds is 5. The highest BCUT2D eigenvalue weighted by Crippen LogP contribution is 2.46. The Bertz CT molecular complexity index is 1570. The Hall–Kier alpha value is -4.24. The van der Waals surface area contributed by atoms with E-state index in [1.54, 1.807) is 12.7 Å². The van der Waals surface area contributed by atoms with Gasteiger partial charge in [-0.05, 0) is 48.4 Å². The fraction of sp³-hybridized carbons (Fsp3) is 0.286. The number of aromatic nitrogens is 6. The summed E-state index contributed by atoms with van der Waals surface area (Å²) in [6.07, 6.45) is 10.0. The topological polar surface area (TPSA) is 117 Å². The minimum absolute atomic E-state index is 0.0389. The van der Waals surface area contributed by atoms with Gasteiger partial charge in [0.2, 0.25) is 0 Å². The van der Waals surface area contributed by atoms with Crippen molar-refractivity contribution in [1.82, 2.24) is 29.3 Å². The van der Waals surface area contributed by atoms with Crippen LogP contribution in [-0.2, 0) is 13.0 Å². The molecule has 0 spiro atoms. The second-order valence-corrected chi connectivity index (χ2v) is 10.2. The number of anilines is 1. The van der Waals surface area contributed by atoms with Crippen LogP contribution < -0.4 is 10.5 Å². The maximum Gasteiger partial charge on any atom is 0.146 e. The minimum atomic E-state index is -0.811. The molecular weight excluding hydrogens is 466 g/mol. The lowest BCUT2D eigenvalue weighted by molar-refractivity contribution is -0.0788. The van der Waals surface area contributed by atoms with Crippen molar-refractivity contribution in [3.63, 3.8) is 0 Å². The molecule has 4 heterocycles. The van der Waals surface area contributed by atoms with E-state index in [1.165, 1.54) is 17.5 Å². The summed E-state index contributed by atoms with van der Waals surface area (Å²) in [4.78, 5) is 8.87. The molecule has 0 saturated heterocycles. The molecule has 3 N–H and O–H groups in total. The highest BCUT2D eigenvalue weighted by molar-refractivity contribution is 6.01. The van der Waals surface area contributed by atoms with Gasteiger partial charge in [0.15, 0.2) is 0 Å². The van der Waals surface area contributed by atoms with Gasteiger partial charge in [0.25, 0.3) is 0 Å². The van der Waals surface area contributed by atoms with Crippen LogP contribution >= 0.6 is 0 Å². The lowest BCUT2D eigenvalue weighted by Crippen LogP contribution is -2.47. The summed E-state index contributed by atoms with van der Waals surface area (Å²) in [5.74, 6) is 1.35. The van der Waals surface area contributed by atoms with Crippen LogP contribution in [0, 0.1) is 0 Å². The molecule has 37 heavy (non-hydrogen) atoms. The molecule has 5 aromatic rings. The van der Waals surface area contributed by atoms with Gasteiger partial charge in [-0.3, -0.25) is 0 Å². The maximum atomic E-state index is 11.1. The van der Waals surface area contributed by atoms with E-state index in [-0.39, 0.29) is 12.1 Å². The smallest absolute Gasteiger partial charge is 0.146 e. The van der Waals surface area contributed by atoms with Crippen LogP contribution in [0.3, 0.4) is 0 Å². The summed E-state index contributed by atoms with van der Waals surface area (Å²) in [6.45, 7) is 0.463. The lowest BCUT2D eigenvalue weighted by atomic mass is 9.75. The number of aliphatic hydroxyl groups is 1. The van der Waals surface area contributed by atoms with Crippen molar-refractivity contribution in [3.8, 4) is 16.9 Å². The van der Waals surface area contributed by atoms with E-state index in [9.17, 15) is 5.11 Å². The molecule has 1 fully saturated rings. The molecule has 9 heteroatoms. The molecule has 9 nitrogen and oxygen atoms in total. The Morgan fingerprint density at radius 3 is 2.68 bits per heavy atom. The number of benzene rings is 2. The van der Waals surface area contributed by atoms with Crippen LogP contribution in [0.5, 0.6) is 5.75 Å². The third kappa shape index (κ3) is 3.82. The number of hydrogen-bond donors (Lipinski definition) is 2. The third-order valence-corrected chi connectivity index (χ3v) is 7.70. The molecule has 1 unspecified atom stereocenters. The Kier molecular flexibility index (Phi) is 5.00. The fourth-order valence-electron chi connectivity index (χ4n) is 5.83. The van der Waals surface area contributed by atoms with E-state index in [1.807, 2.05) is 10.6 Å². The largest absolute Gasteiger partial charge is 0.485 e. The average molecular weight is 494 g/mol. The van der Waals surface area contributed by atoms with Crippen molar-refractivity contribution in [1.29, 1.82) is 0 Å². The van der Waals surface area contributed by atoms with E-state index >= 15 is 0 Å². The Balaban J connectivity index is 1.22. The highest BCUT2D eigenvalue weighted by Gasteiger charge is 2.44. The van der Waals surface area contributed by atoms with Gasteiger partial charge in [-0.15, -0.1) is 10.2 Å². The molecule has 7 rings (SSSR count). The predicted octanol–water partition coefficient (Wildman–Crippen LogP) is 4.10. The summed E-state index contributed by atoms with van der Waals surface area (Å²) >= 11 is 0. The van der Waals surface area contributed by atoms with Crippen LogP contribution in [0.2, 0.25) is 0 Å². The zero-order chi connectivity index (χ0) is 25.0. The van der Waals surface area contributed by atoms with E-state index in [2.05, 4.69) is 73.4 Å². The molecular formula is C28H27N7O2. The van der Waals surface area contributed by atoms with Crippen molar-refractivity contribution >= 4 is 16.9 Å². The van der Waals surface area contributed by atoms with Gasteiger partial charge in [0, 0.05) is 17.8 Å². The number of aryl methyl sites for hydroxylation is 1. The molecule has 2 aromatic carbocycles. The van der Waals surface area contributed by atoms with E-state index in [4.69, 9.17) is 10.5 Å². The Morgan fingerprint density at radius 2 is 1.86 bits per heavy atom. The van der Waals surface area contributed by atoms with Crippen molar-refractivity contribution in [2.24, 2.45) is 0 Å². The van der Waals surface area contributed by atoms with Crippen LogP contribution in [0.1, 0.15) is 42.5 Å². The summed E-state index contributed by atoms with van der Waals surface area (Å²) in [7, 11) is 0. The average Bonchev–Trinajstić information content (AvgIpc) is 3.55. The minimum Gasteiger partial charge on any atom is -0.485 e. The monoisotopic (exact) mass is 493 g/mol. The van der Waals surface area contributed by atoms with Crippen molar-refractivity contribution < 1.29 is 9.84 Å². The van der Waals surface area contributed by atoms with E-state index in [0.717, 1.165) is 40.8 Å². The summed E-state index contributed by atoms with van der Waals surface area (Å²) in [5, 5.41) is 19.6. The van der Waals surface area contributed by atoms with Gasteiger partial charge in [-0.2, -0.15) is 0 Å². The van der Waals surface area contributed by atoms with E-state index < -0.39 is 5.60 Å². The molecule has 3 aromatic heterocycles. The second-order valence-electron chi connectivity index (χ2n) is 10.2. The standard InChI is InChI=1S/C28H27N7O2/c29-26-25-22(20-7-6-19-8-9-23(37-24(19)10-20)18-4-2-1-3-5-18)13-35(27(25)31-15-30-26)21-11-28(36,12-21)14-34-16-32-33-17-34/h1-7,10,13,15-17,21,23,36H,8-9,11-12,14H2,(H2,29,30,31). The number of nitrogens with zero attached hydrogens (tertiary/aromatic N) is 6. The SMILES string of the molecule is Nc1ncnc2c1c(-c1ccc3c(c1)OC(c1ccccc1)CC3)cn2C1CC(O)(Cn2cnnc2)C1. The third-order valence-electron chi connectivity index (χ3n) is 7.70.